The minimum absolute atomic E-state index is 0.0981. The van der Waals surface area contributed by atoms with Crippen molar-refractivity contribution in [3.8, 4) is 11.5 Å². The molecule has 0 saturated heterocycles. The van der Waals surface area contributed by atoms with Crippen molar-refractivity contribution >= 4 is 34.1 Å². The van der Waals surface area contributed by atoms with Crippen LogP contribution >= 0.6 is 0 Å². The standard InChI is InChI=1S/C31H31F2N7O/c1-37-29-25(16-23-24(35-29)10-14-39(31(23)41)13-4-11-32)36-30(37)26-15-22-6-2-5-21(28(22)40(26)17-20-8-9-20)7-3-12-38-18-27(33)34-19-38/h2-3,5-7,15-16,18-20H,4,8-14,17H2,1H3/b7-3+. The summed E-state index contributed by atoms with van der Waals surface area (Å²) in [6.07, 6.45) is 10.4. The van der Waals surface area contributed by atoms with Gasteiger partial charge in [0.25, 0.3) is 5.91 Å². The Bertz CT molecular complexity index is 1810. The van der Waals surface area contributed by atoms with Crippen LogP contribution in [-0.4, -0.2) is 59.2 Å². The predicted octanol–water partition coefficient (Wildman–Crippen LogP) is 5.41. The molecule has 0 N–H and O–H groups in total. The van der Waals surface area contributed by atoms with Gasteiger partial charge in [-0.15, -0.1) is 0 Å². The summed E-state index contributed by atoms with van der Waals surface area (Å²) in [5.74, 6) is 0.847. The summed E-state index contributed by atoms with van der Waals surface area (Å²) in [5.41, 5.74) is 6.01. The van der Waals surface area contributed by atoms with Gasteiger partial charge in [-0.25, -0.2) is 15.0 Å². The summed E-state index contributed by atoms with van der Waals surface area (Å²) >= 11 is 0. The van der Waals surface area contributed by atoms with E-state index in [9.17, 15) is 13.6 Å². The first-order valence-electron chi connectivity index (χ1n) is 14.2. The van der Waals surface area contributed by atoms with Gasteiger partial charge in [-0.1, -0.05) is 30.4 Å². The third-order valence-electron chi connectivity index (χ3n) is 8.16. The maximum Gasteiger partial charge on any atom is 0.255 e. The minimum Gasteiger partial charge on any atom is -0.338 e. The number of allylic oxidation sites excluding steroid dienone is 1. The molecule has 1 aromatic carbocycles. The molecule has 4 aromatic heterocycles. The van der Waals surface area contributed by atoms with E-state index in [0.29, 0.717) is 49.5 Å². The number of aryl methyl sites for hydroxylation is 1. The molecule has 1 amide bonds. The Morgan fingerprint density at radius 3 is 2.83 bits per heavy atom. The molecular formula is C31H31F2N7O. The third-order valence-corrected chi connectivity index (χ3v) is 8.16. The zero-order valence-electron chi connectivity index (χ0n) is 22.9. The first-order chi connectivity index (χ1) is 20.0. The van der Waals surface area contributed by atoms with Crippen LogP contribution in [0.4, 0.5) is 8.78 Å². The van der Waals surface area contributed by atoms with Crippen LogP contribution in [-0.2, 0) is 26.6 Å². The van der Waals surface area contributed by atoms with Crippen LogP contribution in [0.15, 0.2) is 48.9 Å². The molecule has 0 radical (unpaired) electrons. The molecule has 8 nitrogen and oxygen atoms in total. The number of halogens is 2. The van der Waals surface area contributed by atoms with Gasteiger partial charge in [0.05, 0.1) is 41.7 Å². The molecule has 7 rings (SSSR count). The van der Waals surface area contributed by atoms with Gasteiger partial charge in [0.15, 0.2) is 11.5 Å². The van der Waals surface area contributed by atoms with Crippen molar-refractivity contribution in [3.63, 3.8) is 0 Å². The Balaban J connectivity index is 1.30. The number of nitrogens with zero attached hydrogens (tertiary/aromatic N) is 7. The number of pyridine rings is 1. The number of imidazole rings is 2. The number of aromatic nitrogens is 6. The van der Waals surface area contributed by atoms with E-state index >= 15 is 0 Å². The Morgan fingerprint density at radius 2 is 2.05 bits per heavy atom. The lowest BCUT2D eigenvalue weighted by Gasteiger charge is -2.27. The van der Waals surface area contributed by atoms with Crippen molar-refractivity contribution in [1.29, 1.82) is 0 Å². The molecular weight excluding hydrogens is 524 g/mol. The van der Waals surface area contributed by atoms with Crippen LogP contribution in [0.5, 0.6) is 0 Å². The monoisotopic (exact) mass is 555 g/mol. The van der Waals surface area contributed by atoms with Crippen LogP contribution in [0, 0.1) is 11.9 Å². The maximum absolute atomic E-state index is 13.3. The fourth-order valence-corrected chi connectivity index (χ4v) is 5.89. The second-order valence-electron chi connectivity index (χ2n) is 11.1. The zero-order chi connectivity index (χ0) is 28.1. The first-order valence-corrected chi connectivity index (χ1v) is 14.2. The highest BCUT2D eigenvalue weighted by Gasteiger charge is 2.29. The second kappa shape index (κ2) is 10.2. The maximum atomic E-state index is 13.3. The van der Waals surface area contributed by atoms with Crippen LogP contribution in [0.25, 0.3) is 39.7 Å². The molecule has 210 valence electrons. The molecule has 0 unspecified atom stereocenters. The highest BCUT2D eigenvalue weighted by molar-refractivity contribution is 5.99. The van der Waals surface area contributed by atoms with Crippen LogP contribution in [0.3, 0.4) is 0 Å². The van der Waals surface area contributed by atoms with Crippen molar-refractivity contribution < 1.29 is 13.6 Å². The zero-order valence-corrected chi connectivity index (χ0v) is 22.9. The lowest BCUT2D eigenvalue weighted by Crippen LogP contribution is -2.38. The molecule has 0 spiro atoms. The summed E-state index contributed by atoms with van der Waals surface area (Å²) in [5, 5.41) is 1.12. The van der Waals surface area contributed by atoms with Gasteiger partial charge >= 0.3 is 0 Å². The van der Waals surface area contributed by atoms with E-state index in [1.54, 1.807) is 9.47 Å². The smallest absolute Gasteiger partial charge is 0.255 e. The number of para-hydroxylation sites is 1. The summed E-state index contributed by atoms with van der Waals surface area (Å²) in [4.78, 5) is 28.4. The number of rotatable bonds is 9. The molecule has 0 atom stereocenters. The predicted molar refractivity (Wildman–Crippen MR) is 154 cm³/mol. The summed E-state index contributed by atoms with van der Waals surface area (Å²) in [7, 11) is 1.98. The molecule has 1 aliphatic carbocycles. The Morgan fingerprint density at radius 1 is 1.17 bits per heavy atom. The number of carbonyl (C=O) groups excluding carboxylic acids is 1. The van der Waals surface area contributed by atoms with Crippen molar-refractivity contribution in [3.05, 3.63) is 71.7 Å². The SMILES string of the molecule is Cn1c(-c2cc3cccc(/C=C/Cn4cnc(F)c4)c3n2CC2CC2)nc2cc3c(nc21)CCN(CCCF)C3=O. The van der Waals surface area contributed by atoms with Gasteiger partial charge in [0.2, 0.25) is 5.95 Å². The average molecular weight is 556 g/mol. The molecule has 41 heavy (non-hydrogen) atoms. The van der Waals surface area contributed by atoms with Crippen molar-refractivity contribution in [2.75, 3.05) is 19.8 Å². The molecule has 10 heteroatoms. The van der Waals surface area contributed by atoms with E-state index in [4.69, 9.17) is 9.97 Å². The Kier molecular flexibility index (Phi) is 6.40. The third kappa shape index (κ3) is 4.71. The van der Waals surface area contributed by atoms with Crippen LogP contribution in [0.2, 0.25) is 0 Å². The van der Waals surface area contributed by atoms with Gasteiger partial charge in [-0.2, -0.15) is 4.39 Å². The van der Waals surface area contributed by atoms with E-state index in [0.717, 1.165) is 45.9 Å². The van der Waals surface area contributed by atoms with E-state index in [1.165, 1.54) is 25.4 Å². The molecule has 1 aliphatic heterocycles. The van der Waals surface area contributed by atoms with Crippen LogP contribution in [0.1, 0.15) is 40.9 Å². The number of amides is 1. The van der Waals surface area contributed by atoms with E-state index in [-0.39, 0.29) is 5.91 Å². The molecule has 1 fully saturated rings. The van der Waals surface area contributed by atoms with Gasteiger partial charge in [-0.05, 0) is 42.9 Å². The molecule has 1 saturated carbocycles. The quantitative estimate of drug-likeness (QED) is 0.244. The summed E-state index contributed by atoms with van der Waals surface area (Å²) in [6.45, 7) is 1.95. The summed E-state index contributed by atoms with van der Waals surface area (Å²) in [6, 6.07) is 10.3. The Labute approximate surface area is 235 Å². The average Bonchev–Trinajstić information content (AvgIpc) is 3.45. The topological polar surface area (TPSA) is 73.8 Å². The second-order valence-corrected chi connectivity index (χ2v) is 11.1. The summed E-state index contributed by atoms with van der Waals surface area (Å²) < 4.78 is 32.2. The fraction of sp³-hybridized carbons (Fsp3) is 0.355. The number of carbonyl (C=O) groups is 1. The highest BCUT2D eigenvalue weighted by Crippen LogP contribution is 2.38. The number of alkyl halides is 1. The van der Waals surface area contributed by atoms with Gasteiger partial charge < -0.3 is 18.6 Å². The number of benzene rings is 1. The number of hydrogen-bond acceptors (Lipinski definition) is 4. The van der Waals surface area contributed by atoms with Gasteiger partial charge in [-0.3, -0.25) is 9.18 Å². The van der Waals surface area contributed by atoms with Gasteiger partial charge in [0, 0.05) is 45.0 Å². The first kappa shape index (κ1) is 25.6. The van der Waals surface area contributed by atoms with Crippen molar-refractivity contribution in [2.24, 2.45) is 13.0 Å². The van der Waals surface area contributed by atoms with Crippen LogP contribution < -0.4 is 0 Å². The largest absolute Gasteiger partial charge is 0.338 e. The highest BCUT2D eigenvalue weighted by atomic mass is 19.1. The minimum atomic E-state index is -0.486. The van der Waals surface area contributed by atoms with Gasteiger partial charge in [0.1, 0.15) is 5.52 Å². The van der Waals surface area contributed by atoms with Crippen molar-refractivity contribution in [2.45, 2.75) is 38.8 Å². The fourth-order valence-electron chi connectivity index (χ4n) is 5.89. The molecule has 5 aromatic rings. The van der Waals surface area contributed by atoms with E-state index < -0.39 is 12.6 Å². The number of fused-ring (bicyclic) bond motifs is 3. The molecule has 0 bridgehead atoms. The van der Waals surface area contributed by atoms with E-state index in [2.05, 4.69) is 39.9 Å². The van der Waals surface area contributed by atoms with Crippen molar-refractivity contribution in [1.82, 2.24) is 33.6 Å². The Hall–Kier alpha value is -4.34. The lowest BCUT2D eigenvalue weighted by atomic mass is 10.0. The molecule has 2 aliphatic rings. The van der Waals surface area contributed by atoms with E-state index in [1.807, 2.05) is 23.8 Å². The molecule has 5 heterocycles. The normalized spacial score (nSPS) is 15.6. The lowest BCUT2D eigenvalue weighted by molar-refractivity contribution is 0.0733. The number of hydrogen-bond donors (Lipinski definition) is 0.